The lowest BCUT2D eigenvalue weighted by atomic mass is 10.2. The molecule has 4 nitrogen and oxygen atoms in total. The molecule has 0 aliphatic carbocycles. The zero-order valence-electron chi connectivity index (χ0n) is 8.96. The van der Waals surface area contributed by atoms with E-state index < -0.39 is 0 Å². The zero-order valence-corrected chi connectivity index (χ0v) is 8.96. The summed E-state index contributed by atoms with van der Waals surface area (Å²) >= 11 is 0. The molecular formula is C12H12N2O2. The minimum atomic E-state index is 0.580. The van der Waals surface area contributed by atoms with Gasteiger partial charge in [-0.25, -0.2) is 4.98 Å². The van der Waals surface area contributed by atoms with Crippen LogP contribution in [-0.4, -0.2) is 18.3 Å². The van der Waals surface area contributed by atoms with Crippen molar-refractivity contribution in [2.45, 2.75) is 6.54 Å². The van der Waals surface area contributed by atoms with Crippen LogP contribution in [-0.2, 0) is 6.54 Å². The van der Waals surface area contributed by atoms with Crippen molar-refractivity contribution in [3.63, 3.8) is 0 Å². The van der Waals surface area contributed by atoms with Crippen LogP contribution >= 0.6 is 0 Å². The predicted octanol–water partition coefficient (Wildman–Crippen LogP) is 2.12. The lowest BCUT2D eigenvalue weighted by Crippen LogP contribution is -2.18. The third kappa shape index (κ3) is 2.11. The fourth-order valence-corrected chi connectivity index (χ4v) is 1.53. The third-order valence-corrected chi connectivity index (χ3v) is 2.28. The van der Waals surface area contributed by atoms with Crippen LogP contribution in [0.2, 0.25) is 0 Å². The second-order valence-electron chi connectivity index (χ2n) is 3.47. The number of aromatic nitrogens is 1. The number of anilines is 1. The molecule has 0 saturated carbocycles. The van der Waals surface area contributed by atoms with Crippen LogP contribution in [0.3, 0.4) is 0 Å². The highest BCUT2D eigenvalue weighted by molar-refractivity contribution is 5.82. The van der Waals surface area contributed by atoms with Crippen LogP contribution in [0.4, 0.5) is 5.82 Å². The van der Waals surface area contributed by atoms with E-state index in [1.54, 1.807) is 24.6 Å². The highest BCUT2D eigenvalue weighted by Crippen LogP contribution is 2.16. The maximum Gasteiger partial charge on any atom is 0.153 e. The summed E-state index contributed by atoms with van der Waals surface area (Å²) < 4.78 is 5.24. The number of carbonyl (C=O) groups is 1. The lowest BCUT2D eigenvalue weighted by Gasteiger charge is -2.17. The minimum Gasteiger partial charge on any atom is -0.467 e. The van der Waals surface area contributed by atoms with Crippen molar-refractivity contribution >= 4 is 12.1 Å². The van der Waals surface area contributed by atoms with Gasteiger partial charge in [-0.3, -0.25) is 4.79 Å². The molecule has 0 unspecified atom stereocenters. The number of pyridine rings is 1. The van der Waals surface area contributed by atoms with Crippen LogP contribution in [0.1, 0.15) is 16.1 Å². The first-order valence-corrected chi connectivity index (χ1v) is 4.95. The molecule has 0 amide bonds. The van der Waals surface area contributed by atoms with Crippen molar-refractivity contribution in [1.29, 1.82) is 0 Å². The highest BCUT2D eigenvalue weighted by Gasteiger charge is 2.09. The van der Waals surface area contributed by atoms with Crippen molar-refractivity contribution in [2.75, 3.05) is 11.9 Å². The fraction of sp³-hybridized carbons (Fsp3) is 0.167. The Bertz CT molecular complexity index is 466. The molecule has 4 heteroatoms. The van der Waals surface area contributed by atoms with E-state index in [1.807, 2.05) is 24.1 Å². The van der Waals surface area contributed by atoms with Crippen molar-refractivity contribution < 1.29 is 9.21 Å². The normalized spacial score (nSPS) is 10.1. The summed E-state index contributed by atoms with van der Waals surface area (Å²) in [6.45, 7) is 0.588. The summed E-state index contributed by atoms with van der Waals surface area (Å²) in [5.41, 5.74) is 0.580. The van der Waals surface area contributed by atoms with Gasteiger partial charge in [-0.2, -0.15) is 0 Å². The van der Waals surface area contributed by atoms with Crippen molar-refractivity contribution in [3.05, 3.63) is 48.0 Å². The van der Waals surface area contributed by atoms with Gasteiger partial charge in [0.25, 0.3) is 0 Å². The fourth-order valence-electron chi connectivity index (χ4n) is 1.53. The van der Waals surface area contributed by atoms with Crippen molar-refractivity contribution in [2.24, 2.45) is 0 Å². The summed E-state index contributed by atoms with van der Waals surface area (Å²) in [7, 11) is 1.87. The number of furan rings is 1. The van der Waals surface area contributed by atoms with E-state index in [0.29, 0.717) is 17.9 Å². The van der Waals surface area contributed by atoms with Crippen LogP contribution in [0.15, 0.2) is 41.1 Å². The van der Waals surface area contributed by atoms with E-state index in [-0.39, 0.29) is 0 Å². The Balaban J connectivity index is 2.20. The maximum absolute atomic E-state index is 10.8. The van der Waals surface area contributed by atoms with Crippen LogP contribution in [0, 0.1) is 0 Å². The van der Waals surface area contributed by atoms with Gasteiger partial charge >= 0.3 is 0 Å². The lowest BCUT2D eigenvalue weighted by molar-refractivity contribution is 0.112. The van der Waals surface area contributed by atoms with Gasteiger partial charge in [0.1, 0.15) is 11.6 Å². The molecule has 0 aliphatic rings. The molecule has 0 N–H and O–H groups in total. The Morgan fingerprint density at radius 2 is 2.31 bits per heavy atom. The summed E-state index contributed by atoms with van der Waals surface area (Å²) in [5, 5.41) is 0. The molecule has 2 aromatic rings. The number of nitrogens with zero attached hydrogens (tertiary/aromatic N) is 2. The first-order valence-electron chi connectivity index (χ1n) is 4.95. The number of hydrogen-bond donors (Lipinski definition) is 0. The summed E-state index contributed by atoms with van der Waals surface area (Å²) in [5.74, 6) is 1.50. The monoisotopic (exact) mass is 216 g/mol. The van der Waals surface area contributed by atoms with Gasteiger partial charge in [-0.05, 0) is 24.3 Å². The topological polar surface area (TPSA) is 46.3 Å². The van der Waals surface area contributed by atoms with Gasteiger partial charge in [0.2, 0.25) is 0 Å². The minimum absolute atomic E-state index is 0.580. The first kappa shape index (κ1) is 10.4. The van der Waals surface area contributed by atoms with E-state index in [0.717, 1.165) is 12.0 Å². The number of rotatable bonds is 4. The second-order valence-corrected chi connectivity index (χ2v) is 3.47. The Labute approximate surface area is 93.5 Å². The molecule has 0 atom stereocenters. The van der Waals surface area contributed by atoms with Gasteiger partial charge in [0, 0.05) is 13.2 Å². The van der Waals surface area contributed by atoms with Crippen LogP contribution in [0.5, 0.6) is 0 Å². The number of hydrogen-bond acceptors (Lipinski definition) is 4. The molecule has 2 rings (SSSR count). The molecule has 82 valence electrons. The molecule has 0 aromatic carbocycles. The van der Waals surface area contributed by atoms with Gasteiger partial charge in [0.05, 0.1) is 18.4 Å². The molecule has 0 fully saturated rings. The Morgan fingerprint density at radius 3 is 3.00 bits per heavy atom. The molecule has 16 heavy (non-hydrogen) atoms. The Hall–Kier alpha value is -2.10. The summed E-state index contributed by atoms with van der Waals surface area (Å²) in [6.07, 6.45) is 4.10. The molecule has 0 radical (unpaired) electrons. The molecule has 2 heterocycles. The Kier molecular flexibility index (Phi) is 3.00. The average Bonchev–Trinajstić information content (AvgIpc) is 2.81. The molecule has 2 aromatic heterocycles. The van der Waals surface area contributed by atoms with Gasteiger partial charge in [-0.1, -0.05) is 0 Å². The van der Waals surface area contributed by atoms with E-state index >= 15 is 0 Å². The zero-order chi connectivity index (χ0) is 11.4. The summed E-state index contributed by atoms with van der Waals surface area (Å²) in [6, 6.07) is 7.21. The standard InChI is InChI=1S/C12H12N2O2/c1-14(8-11-5-3-7-16-11)12-10(9-15)4-2-6-13-12/h2-7,9H,8H2,1H3. The van der Waals surface area contributed by atoms with Crippen molar-refractivity contribution in [1.82, 2.24) is 4.98 Å². The molecule has 0 aliphatic heterocycles. The maximum atomic E-state index is 10.8. The quantitative estimate of drug-likeness (QED) is 0.734. The van der Waals surface area contributed by atoms with Gasteiger partial charge < -0.3 is 9.32 Å². The van der Waals surface area contributed by atoms with E-state index in [1.165, 1.54) is 0 Å². The smallest absolute Gasteiger partial charge is 0.153 e. The predicted molar refractivity (Wildman–Crippen MR) is 60.4 cm³/mol. The second kappa shape index (κ2) is 4.61. The van der Waals surface area contributed by atoms with E-state index in [9.17, 15) is 4.79 Å². The highest BCUT2D eigenvalue weighted by atomic mass is 16.3. The van der Waals surface area contributed by atoms with Gasteiger partial charge in [-0.15, -0.1) is 0 Å². The molecular weight excluding hydrogens is 204 g/mol. The van der Waals surface area contributed by atoms with Crippen LogP contribution < -0.4 is 4.90 Å². The third-order valence-electron chi connectivity index (χ3n) is 2.28. The van der Waals surface area contributed by atoms with E-state index in [2.05, 4.69) is 4.98 Å². The van der Waals surface area contributed by atoms with E-state index in [4.69, 9.17) is 4.42 Å². The number of aldehydes is 1. The Morgan fingerprint density at radius 1 is 1.44 bits per heavy atom. The molecule has 0 saturated heterocycles. The van der Waals surface area contributed by atoms with Gasteiger partial charge in [0.15, 0.2) is 6.29 Å². The van der Waals surface area contributed by atoms with Crippen LogP contribution in [0.25, 0.3) is 0 Å². The largest absolute Gasteiger partial charge is 0.467 e. The SMILES string of the molecule is CN(Cc1ccco1)c1ncccc1C=O. The molecule has 0 bridgehead atoms. The number of carbonyl (C=O) groups excluding carboxylic acids is 1. The molecule has 0 spiro atoms. The average molecular weight is 216 g/mol. The van der Waals surface area contributed by atoms with Crippen molar-refractivity contribution in [3.8, 4) is 0 Å². The summed E-state index contributed by atoms with van der Waals surface area (Å²) in [4.78, 5) is 16.9. The first-order chi connectivity index (χ1) is 7.81.